The average Bonchev–Trinajstić information content (AvgIpc) is 2.88. The molecule has 2 heterocycles. The van der Waals surface area contributed by atoms with E-state index in [9.17, 15) is 14.4 Å². The van der Waals surface area contributed by atoms with Gasteiger partial charge in [-0.25, -0.2) is 0 Å². The van der Waals surface area contributed by atoms with Gasteiger partial charge in [0.15, 0.2) is 0 Å². The highest BCUT2D eigenvalue weighted by Crippen LogP contribution is 2.27. The molecule has 10 nitrogen and oxygen atoms in total. The second-order valence-electron chi connectivity index (χ2n) is 9.33. The Labute approximate surface area is 217 Å². The van der Waals surface area contributed by atoms with Crippen molar-refractivity contribution in [3.05, 3.63) is 53.9 Å². The zero-order chi connectivity index (χ0) is 26.9. The Bertz CT molecular complexity index is 1080. The van der Waals surface area contributed by atoms with Crippen molar-refractivity contribution in [2.75, 3.05) is 52.9 Å². The third-order valence-corrected chi connectivity index (χ3v) is 6.38. The number of nitrogens with zero attached hydrogens (tertiary/aromatic N) is 3. The van der Waals surface area contributed by atoms with Crippen LogP contribution in [0, 0.1) is 5.92 Å². The van der Waals surface area contributed by atoms with E-state index in [0.717, 1.165) is 0 Å². The van der Waals surface area contributed by atoms with Crippen LogP contribution in [0.25, 0.3) is 0 Å². The van der Waals surface area contributed by atoms with E-state index < -0.39 is 0 Å². The van der Waals surface area contributed by atoms with Crippen molar-refractivity contribution in [3.63, 3.8) is 0 Å². The predicted molar refractivity (Wildman–Crippen MR) is 138 cm³/mol. The van der Waals surface area contributed by atoms with Crippen molar-refractivity contribution in [1.82, 2.24) is 14.8 Å². The lowest BCUT2D eigenvalue weighted by Gasteiger charge is -2.36. The fourth-order valence-corrected chi connectivity index (χ4v) is 4.28. The van der Waals surface area contributed by atoms with Crippen LogP contribution >= 0.6 is 0 Å². The molecule has 0 fully saturated rings. The first-order valence-corrected chi connectivity index (χ1v) is 12.3. The molecule has 37 heavy (non-hydrogen) atoms. The lowest BCUT2D eigenvalue weighted by Crippen LogP contribution is -2.49. The van der Waals surface area contributed by atoms with Gasteiger partial charge in [0.1, 0.15) is 19.0 Å². The molecule has 1 aromatic heterocycles. The van der Waals surface area contributed by atoms with E-state index in [-0.39, 0.29) is 55.4 Å². The summed E-state index contributed by atoms with van der Waals surface area (Å²) in [6, 6.07) is 10.1. The van der Waals surface area contributed by atoms with E-state index in [4.69, 9.17) is 14.2 Å². The summed E-state index contributed by atoms with van der Waals surface area (Å²) in [7, 11) is 4.75. The highest BCUT2D eigenvalue weighted by Gasteiger charge is 2.30. The van der Waals surface area contributed by atoms with Crippen molar-refractivity contribution in [1.29, 1.82) is 0 Å². The molecule has 1 aromatic carbocycles. The third-order valence-electron chi connectivity index (χ3n) is 6.38. The van der Waals surface area contributed by atoms with E-state index in [0.29, 0.717) is 35.8 Å². The number of methoxy groups -OCH3 is 2. The lowest BCUT2D eigenvalue weighted by molar-refractivity contribution is -0.134. The number of ether oxygens (including phenoxy) is 3. The molecule has 1 aliphatic heterocycles. The van der Waals surface area contributed by atoms with E-state index in [2.05, 4.69) is 10.3 Å². The van der Waals surface area contributed by atoms with E-state index in [1.807, 2.05) is 32.0 Å². The Balaban J connectivity index is 1.93. The standard InChI is InChI=1S/C27H36N4O6/c1-18-14-31(26(33)13-20-8-6-7-11-28-20)19(2)16-37-23-12-21(29-25(32)17-35-4)9-10-22(23)27(34)30(3)15-24(18)36-5/h6-12,18-19,24H,13-17H2,1-5H3,(H,29,32)/t18-,19+,24-/m0/s1. The quantitative estimate of drug-likeness (QED) is 0.632. The van der Waals surface area contributed by atoms with Gasteiger partial charge in [-0.2, -0.15) is 0 Å². The Morgan fingerprint density at radius 2 is 1.95 bits per heavy atom. The molecule has 0 radical (unpaired) electrons. The maximum Gasteiger partial charge on any atom is 0.257 e. The van der Waals surface area contributed by atoms with Crippen LogP contribution in [0.15, 0.2) is 42.6 Å². The summed E-state index contributed by atoms with van der Waals surface area (Å²) in [5.41, 5.74) is 1.52. The van der Waals surface area contributed by atoms with Crippen LogP contribution < -0.4 is 10.1 Å². The van der Waals surface area contributed by atoms with Crippen LogP contribution in [-0.4, -0.2) is 92.2 Å². The van der Waals surface area contributed by atoms with Crippen LogP contribution in [0.2, 0.25) is 0 Å². The molecule has 0 spiro atoms. The van der Waals surface area contributed by atoms with Gasteiger partial charge in [-0.3, -0.25) is 19.4 Å². The van der Waals surface area contributed by atoms with Crippen molar-refractivity contribution < 1.29 is 28.6 Å². The van der Waals surface area contributed by atoms with Gasteiger partial charge in [0.25, 0.3) is 5.91 Å². The number of aromatic nitrogens is 1. The fourth-order valence-electron chi connectivity index (χ4n) is 4.28. The molecule has 0 unspecified atom stereocenters. The van der Waals surface area contributed by atoms with Crippen molar-refractivity contribution in [2.24, 2.45) is 5.92 Å². The van der Waals surface area contributed by atoms with Crippen molar-refractivity contribution in [2.45, 2.75) is 32.4 Å². The second-order valence-corrected chi connectivity index (χ2v) is 9.33. The number of benzene rings is 1. The third kappa shape index (κ3) is 7.50. The Morgan fingerprint density at radius 1 is 1.16 bits per heavy atom. The minimum absolute atomic E-state index is 0.0485. The minimum atomic E-state index is -0.323. The van der Waals surface area contributed by atoms with Gasteiger partial charge in [-0.1, -0.05) is 13.0 Å². The zero-order valence-electron chi connectivity index (χ0n) is 22.1. The number of rotatable bonds is 6. The number of amides is 3. The number of carbonyl (C=O) groups excluding carboxylic acids is 3. The van der Waals surface area contributed by atoms with Gasteiger partial charge in [-0.15, -0.1) is 0 Å². The smallest absolute Gasteiger partial charge is 0.257 e. The monoisotopic (exact) mass is 512 g/mol. The molecule has 3 rings (SSSR count). The Morgan fingerprint density at radius 3 is 2.62 bits per heavy atom. The van der Waals surface area contributed by atoms with Crippen LogP contribution in [-0.2, 0) is 25.5 Å². The lowest BCUT2D eigenvalue weighted by atomic mass is 10.0. The predicted octanol–water partition coefficient (Wildman–Crippen LogP) is 2.24. The van der Waals surface area contributed by atoms with Gasteiger partial charge in [-0.05, 0) is 31.2 Å². The summed E-state index contributed by atoms with van der Waals surface area (Å²) in [5.74, 6) is -0.351. The molecule has 0 bridgehead atoms. The van der Waals surface area contributed by atoms with Gasteiger partial charge < -0.3 is 29.3 Å². The maximum absolute atomic E-state index is 13.4. The van der Waals surface area contributed by atoms with E-state index in [1.165, 1.54) is 7.11 Å². The number of hydrogen-bond acceptors (Lipinski definition) is 7. The number of nitrogens with one attached hydrogen (secondary N) is 1. The van der Waals surface area contributed by atoms with Crippen LogP contribution in [0.1, 0.15) is 29.9 Å². The molecule has 0 saturated heterocycles. The SMILES string of the molecule is COCC(=O)Nc1ccc2c(c1)OC[C@@H](C)N(C(=O)Cc1ccccn1)C[C@H](C)[C@@H](OC)CN(C)C2=O. The minimum Gasteiger partial charge on any atom is -0.491 e. The molecule has 1 aliphatic rings. The normalized spacial score (nSPS) is 20.8. The van der Waals surface area contributed by atoms with E-state index in [1.54, 1.807) is 48.4 Å². The summed E-state index contributed by atoms with van der Waals surface area (Å²) in [6.07, 6.45) is 1.55. The number of carbonyl (C=O) groups is 3. The van der Waals surface area contributed by atoms with Crippen LogP contribution in [0.5, 0.6) is 5.75 Å². The summed E-state index contributed by atoms with van der Waals surface area (Å²) in [4.78, 5) is 46.4. The van der Waals surface area contributed by atoms with Gasteiger partial charge >= 0.3 is 0 Å². The fraction of sp³-hybridized carbons (Fsp3) is 0.481. The van der Waals surface area contributed by atoms with E-state index >= 15 is 0 Å². The number of fused-ring (bicyclic) bond motifs is 1. The first-order chi connectivity index (χ1) is 17.7. The van der Waals surface area contributed by atoms with Crippen LogP contribution in [0.3, 0.4) is 0 Å². The second kappa shape index (κ2) is 13.2. The molecule has 10 heteroatoms. The molecular weight excluding hydrogens is 476 g/mol. The first-order valence-electron chi connectivity index (χ1n) is 12.3. The van der Waals surface area contributed by atoms with Gasteiger partial charge in [0.2, 0.25) is 11.8 Å². The molecule has 1 N–H and O–H groups in total. The summed E-state index contributed by atoms with van der Waals surface area (Å²) in [5, 5.41) is 2.73. The summed E-state index contributed by atoms with van der Waals surface area (Å²) in [6.45, 7) is 4.73. The molecule has 2 aromatic rings. The van der Waals surface area contributed by atoms with Crippen LogP contribution in [0.4, 0.5) is 5.69 Å². The Kier molecular flexibility index (Phi) is 9.99. The summed E-state index contributed by atoms with van der Waals surface area (Å²) < 4.78 is 16.7. The molecule has 3 atom stereocenters. The molecule has 0 aliphatic carbocycles. The Hall–Kier alpha value is -3.50. The summed E-state index contributed by atoms with van der Waals surface area (Å²) >= 11 is 0. The highest BCUT2D eigenvalue weighted by molar-refractivity contribution is 5.98. The molecule has 0 saturated carbocycles. The largest absolute Gasteiger partial charge is 0.491 e. The van der Waals surface area contributed by atoms with Gasteiger partial charge in [0, 0.05) is 63.9 Å². The number of pyridine rings is 1. The van der Waals surface area contributed by atoms with Crippen molar-refractivity contribution >= 4 is 23.4 Å². The first kappa shape index (κ1) is 28.1. The molecule has 200 valence electrons. The highest BCUT2D eigenvalue weighted by atomic mass is 16.5. The zero-order valence-corrected chi connectivity index (χ0v) is 22.1. The molecule has 3 amide bonds. The topological polar surface area (TPSA) is 110 Å². The molecular formula is C27H36N4O6. The van der Waals surface area contributed by atoms with Crippen molar-refractivity contribution in [3.8, 4) is 5.75 Å². The maximum atomic E-state index is 13.4. The van der Waals surface area contributed by atoms with Gasteiger partial charge in [0.05, 0.1) is 24.1 Å². The number of likely N-dealkylation sites (N-methyl/N-ethyl adjacent to an activating group) is 1. The number of anilines is 1. The number of hydrogen-bond donors (Lipinski definition) is 1. The average molecular weight is 513 g/mol.